The van der Waals surface area contributed by atoms with Crippen LogP contribution in [-0.4, -0.2) is 53.7 Å². The molecular weight excluding hydrogens is 363 g/mol. The van der Waals surface area contributed by atoms with E-state index < -0.39 is 27.9 Å². The lowest BCUT2D eigenvalue weighted by Gasteiger charge is -2.17. The van der Waals surface area contributed by atoms with Gasteiger partial charge in [0, 0.05) is 24.7 Å². The molecule has 0 saturated carbocycles. The first-order valence-corrected chi connectivity index (χ1v) is 9.50. The molecular formula is C16H19FN4O4S. The molecule has 2 atom stereocenters. The minimum atomic E-state index is -4.06. The smallest absolute Gasteiger partial charge is 0.256 e. The van der Waals surface area contributed by atoms with Crippen LogP contribution in [0.5, 0.6) is 0 Å². The van der Waals surface area contributed by atoms with Gasteiger partial charge in [-0.15, -0.1) is 0 Å². The summed E-state index contributed by atoms with van der Waals surface area (Å²) in [6, 6.07) is 4.67. The summed E-state index contributed by atoms with van der Waals surface area (Å²) in [7, 11) is -4.06. The van der Waals surface area contributed by atoms with Crippen molar-refractivity contribution in [3.63, 3.8) is 0 Å². The number of nitrogens with one attached hydrogen (secondary N) is 1. The summed E-state index contributed by atoms with van der Waals surface area (Å²) < 4.78 is 36.9. The van der Waals surface area contributed by atoms with E-state index in [0.717, 1.165) is 29.6 Å². The number of aliphatic hydroxyl groups excluding tert-OH is 1. The highest BCUT2D eigenvalue weighted by atomic mass is 32.2. The Kier molecular flexibility index (Phi) is 4.82. The molecule has 0 bridgehead atoms. The molecule has 1 saturated heterocycles. The summed E-state index contributed by atoms with van der Waals surface area (Å²) in [5.41, 5.74) is 1.27. The predicted octanol–water partition coefficient (Wildman–Crippen LogP) is 0.180. The number of nitrogens with two attached hydrogens (primary N) is 1. The Labute approximate surface area is 149 Å². The van der Waals surface area contributed by atoms with Crippen molar-refractivity contribution < 1.29 is 22.7 Å². The van der Waals surface area contributed by atoms with Crippen molar-refractivity contribution in [1.82, 2.24) is 15.1 Å². The topological polar surface area (TPSA) is 129 Å². The van der Waals surface area contributed by atoms with Crippen molar-refractivity contribution in [3.05, 3.63) is 47.0 Å². The predicted molar refractivity (Wildman–Crippen MR) is 90.2 cm³/mol. The van der Waals surface area contributed by atoms with Gasteiger partial charge in [-0.05, 0) is 37.6 Å². The Bertz CT molecular complexity index is 943. The first-order valence-electron chi connectivity index (χ1n) is 7.95. The Morgan fingerprint density at radius 3 is 2.77 bits per heavy atom. The van der Waals surface area contributed by atoms with Crippen molar-refractivity contribution in [2.24, 2.45) is 11.1 Å². The Morgan fingerprint density at radius 1 is 1.42 bits per heavy atom. The van der Waals surface area contributed by atoms with Crippen LogP contribution in [0.3, 0.4) is 0 Å². The average Bonchev–Trinajstić information content (AvgIpc) is 3.12. The summed E-state index contributed by atoms with van der Waals surface area (Å²) in [6.45, 7) is 2.11. The number of carbonyl (C=O) groups is 1. The zero-order chi connectivity index (χ0) is 19.1. The summed E-state index contributed by atoms with van der Waals surface area (Å²) in [5.74, 6) is -1.78. The fourth-order valence-corrected chi connectivity index (χ4v) is 3.62. The molecule has 8 nitrogen and oxygen atoms in total. The molecule has 1 aromatic carbocycles. The second kappa shape index (κ2) is 6.78. The molecule has 1 fully saturated rings. The number of hydrogen-bond acceptors (Lipinski definition) is 5. The molecule has 4 N–H and O–H groups in total. The van der Waals surface area contributed by atoms with Crippen LogP contribution in [0.25, 0.3) is 0 Å². The van der Waals surface area contributed by atoms with Gasteiger partial charge in [0.05, 0.1) is 22.3 Å². The number of primary sulfonamides is 1. The van der Waals surface area contributed by atoms with E-state index in [1.165, 1.54) is 4.90 Å². The highest BCUT2D eigenvalue weighted by Gasteiger charge is 2.35. The number of sulfonamides is 1. The van der Waals surface area contributed by atoms with Gasteiger partial charge in [-0.3, -0.25) is 9.89 Å². The minimum absolute atomic E-state index is 0.0337. The number of aryl methyl sites for hydroxylation is 1. The number of amides is 1. The molecule has 2 heterocycles. The number of nitrogens with zero attached hydrogens (tertiary/aromatic N) is 2. The number of β-amino-alcohol motifs (C(OH)–C–C–N with tert-alkyl or cyclic N) is 1. The van der Waals surface area contributed by atoms with Gasteiger partial charge in [0.1, 0.15) is 5.82 Å². The number of benzene rings is 1. The van der Waals surface area contributed by atoms with E-state index in [9.17, 15) is 22.7 Å². The highest BCUT2D eigenvalue weighted by Crippen LogP contribution is 2.24. The molecule has 10 heteroatoms. The lowest BCUT2D eigenvalue weighted by atomic mass is 10.0. The zero-order valence-corrected chi connectivity index (χ0v) is 14.8. The monoisotopic (exact) mass is 382 g/mol. The van der Waals surface area contributed by atoms with E-state index in [0.29, 0.717) is 6.42 Å². The molecule has 1 aliphatic rings. The Morgan fingerprint density at radius 2 is 2.15 bits per heavy atom. The molecule has 140 valence electrons. The number of aliphatic hydroxyl groups is 1. The number of aromatic nitrogens is 2. The number of aromatic amines is 1. The van der Waals surface area contributed by atoms with Gasteiger partial charge in [0.25, 0.3) is 5.91 Å². The Hall–Kier alpha value is -2.30. The van der Waals surface area contributed by atoms with E-state index in [1.54, 1.807) is 0 Å². The van der Waals surface area contributed by atoms with Gasteiger partial charge in [-0.2, -0.15) is 5.10 Å². The van der Waals surface area contributed by atoms with Crippen LogP contribution in [0.4, 0.5) is 4.39 Å². The van der Waals surface area contributed by atoms with Crippen LogP contribution in [0.15, 0.2) is 29.2 Å². The molecule has 0 radical (unpaired) electrons. The second-order valence-electron chi connectivity index (χ2n) is 6.47. The SMILES string of the molecule is Cc1cc(C[C@@H]2CN(C(=O)c3cc(S(N)(=O)=O)ccc3F)C[C@H]2O)n[nH]1. The number of likely N-dealkylation sites (tertiary alicyclic amines) is 1. The fourth-order valence-electron chi connectivity index (χ4n) is 3.08. The van der Waals surface area contributed by atoms with Crippen LogP contribution in [0, 0.1) is 18.7 Å². The summed E-state index contributed by atoms with van der Waals surface area (Å²) in [4.78, 5) is 13.6. The van der Waals surface area contributed by atoms with Crippen molar-refractivity contribution in [2.75, 3.05) is 13.1 Å². The van der Waals surface area contributed by atoms with Gasteiger partial charge in [0.2, 0.25) is 10.0 Å². The van der Waals surface area contributed by atoms with Gasteiger partial charge >= 0.3 is 0 Å². The molecule has 26 heavy (non-hydrogen) atoms. The number of rotatable bonds is 4. The molecule has 1 aromatic heterocycles. The van der Waals surface area contributed by atoms with E-state index in [4.69, 9.17) is 5.14 Å². The molecule has 0 aliphatic carbocycles. The van der Waals surface area contributed by atoms with Crippen LogP contribution in [0.2, 0.25) is 0 Å². The van der Waals surface area contributed by atoms with Crippen molar-refractivity contribution >= 4 is 15.9 Å². The van der Waals surface area contributed by atoms with Gasteiger partial charge in [0.15, 0.2) is 0 Å². The van der Waals surface area contributed by atoms with Crippen LogP contribution >= 0.6 is 0 Å². The maximum atomic E-state index is 14.0. The third-order valence-corrected chi connectivity index (χ3v) is 5.33. The molecule has 0 spiro atoms. The fraction of sp³-hybridized carbons (Fsp3) is 0.375. The largest absolute Gasteiger partial charge is 0.391 e. The summed E-state index contributed by atoms with van der Waals surface area (Å²) in [5, 5.41) is 22.2. The van der Waals surface area contributed by atoms with Crippen molar-refractivity contribution in [1.29, 1.82) is 0 Å². The van der Waals surface area contributed by atoms with E-state index >= 15 is 0 Å². The van der Waals surface area contributed by atoms with E-state index in [1.807, 2.05) is 13.0 Å². The first-order chi connectivity index (χ1) is 12.1. The first kappa shape index (κ1) is 18.5. The maximum absolute atomic E-state index is 14.0. The van der Waals surface area contributed by atoms with Crippen LogP contribution in [0.1, 0.15) is 21.7 Å². The number of halogens is 1. The highest BCUT2D eigenvalue weighted by molar-refractivity contribution is 7.89. The maximum Gasteiger partial charge on any atom is 0.256 e. The normalized spacial score (nSPS) is 20.5. The van der Waals surface area contributed by atoms with E-state index in [2.05, 4.69) is 10.2 Å². The number of carbonyl (C=O) groups excluding carboxylic acids is 1. The van der Waals surface area contributed by atoms with Gasteiger partial charge < -0.3 is 10.0 Å². The number of H-pyrrole nitrogens is 1. The lowest BCUT2D eigenvalue weighted by Crippen LogP contribution is -2.30. The summed E-state index contributed by atoms with van der Waals surface area (Å²) >= 11 is 0. The summed E-state index contributed by atoms with van der Waals surface area (Å²) in [6.07, 6.45) is -0.310. The van der Waals surface area contributed by atoms with Crippen LogP contribution in [-0.2, 0) is 16.4 Å². The van der Waals surface area contributed by atoms with Crippen molar-refractivity contribution in [2.45, 2.75) is 24.3 Å². The molecule has 0 unspecified atom stereocenters. The van der Waals surface area contributed by atoms with Gasteiger partial charge in [-0.25, -0.2) is 17.9 Å². The number of hydrogen-bond donors (Lipinski definition) is 3. The standard InChI is InChI=1S/C16H19FN4O4S/c1-9-4-11(20-19-9)5-10-7-21(8-15(10)22)16(23)13-6-12(26(18,24)25)2-3-14(13)17/h2-4,6,10,15,22H,5,7-8H2,1H3,(H,19,20)(H2,18,24,25)/t10-,15-/m1/s1. The minimum Gasteiger partial charge on any atom is -0.391 e. The average molecular weight is 382 g/mol. The van der Waals surface area contributed by atoms with E-state index in [-0.39, 0.29) is 29.5 Å². The quantitative estimate of drug-likeness (QED) is 0.695. The van der Waals surface area contributed by atoms with Crippen molar-refractivity contribution in [3.8, 4) is 0 Å². The Balaban J connectivity index is 1.78. The molecule has 2 aromatic rings. The third-order valence-electron chi connectivity index (χ3n) is 4.42. The molecule has 1 aliphatic heterocycles. The molecule has 3 rings (SSSR count). The van der Waals surface area contributed by atoms with Gasteiger partial charge in [-0.1, -0.05) is 0 Å². The second-order valence-corrected chi connectivity index (χ2v) is 8.03. The lowest BCUT2D eigenvalue weighted by molar-refractivity contribution is 0.0759. The molecule has 1 amide bonds. The third kappa shape index (κ3) is 3.76. The van der Waals surface area contributed by atoms with Crippen LogP contribution < -0.4 is 5.14 Å². The zero-order valence-electron chi connectivity index (χ0n) is 14.0.